The van der Waals surface area contributed by atoms with Crippen LogP contribution in [-0.4, -0.2) is 79.0 Å². The molecule has 1 heterocycles. The minimum absolute atomic E-state index is 0.0385. The summed E-state index contributed by atoms with van der Waals surface area (Å²) in [5.41, 5.74) is 0.970. The topological polar surface area (TPSA) is 155 Å². The van der Waals surface area contributed by atoms with E-state index in [0.717, 1.165) is 11.1 Å². The van der Waals surface area contributed by atoms with E-state index in [2.05, 4.69) is 21.3 Å². The summed E-state index contributed by atoms with van der Waals surface area (Å²) in [6, 6.07) is 15.3. The Labute approximate surface area is 304 Å². The van der Waals surface area contributed by atoms with Gasteiger partial charge in [0.2, 0.25) is 24.1 Å². The van der Waals surface area contributed by atoms with Crippen LogP contribution in [0.4, 0.5) is 0 Å². The van der Waals surface area contributed by atoms with Gasteiger partial charge in [0.15, 0.2) is 5.78 Å². The summed E-state index contributed by atoms with van der Waals surface area (Å²) in [7, 11) is 1.71. The molecule has 4 unspecified atom stereocenters. The van der Waals surface area contributed by atoms with Gasteiger partial charge in [-0.15, -0.1) is 0 Å². The smallest absolute Gasteiger partial charge is 0.243 e. The molecule has 1 fully saturated rings. The van der Waals surface area contributed by atoms with Crippen molar-refractivity contribution in [3.05, 3.63) is 71.8 Å². The molecule has 0 saturated carbocycles. The molecule has 0 aliphatic carbocycles. The summed E-state index contributed by atoms with van der Waals surface area (Å²) in [4.78, 5) is 65.4. The lowest BCUT2D eigenvalue weighted by atomic mass is 9.93. The highest BCUT2D eigenvalue weighted by Gasteiger charge is 2.50. The number of aryl methyl sites for hydroxylation is 1. The lowest BCUT2D eigenvalue weighted by Crippen LogP contribution is -2.58. The molecule has 3 rings (SSSR count). The maximum Gasteiger partial charge on any atom is 0.243 e. The standard InChI is InChI=1S/C35H48N4O6.C5H12O/c1-23(2)18-28(31(41)35(5)21-45-35)37-34(44)30(20-26-14-10-7-11-15-26)39-33(43)29(19-24(3)4)38-32(42)27(36-22-40)17-16-25-12-8-6-9-13-25;1-5(2,3)6-4/h6-15,22-24,27-30H,16-21H2,1-5H3,(H,36,40)(H,37,44)(H,38,42)(H,39,43);1-4H3/t27-,28?,29?,30?,35?;/m0./s1. The molecule has 2 aromatic carbocycles. The van der Waals surface area contributed by atoms with Gasteiger partial charge in [-0.3, -0.25) is 24.0 Å². The van der Waals surface area contributed by atoms with E-state index in [9.17, 15) is 24.0 Å². The van der Waals surface area contributed by atoms with Crippen molar-refractivity contribution >= 4 is 29.9 Å². The van der Waals surface area contributed by atoms with Crippen LogP contribution in [0.2, 0.25) is 0 Å². The highest BCUT2D eigenvalue weighted by atomic mass is 16.6. The van der Waals surface area contributed by atoms with Crippen LogP contribution >= 0.6 is 0 Å². The minimum atomic E-state index is -1.01. The summed E-state index contributed by atoms with van der Waals surface area (Å²) in [6.45, 7) is 15.9. The second-order valence-corrected chi connectivity index (χ2v) is 15.2. The number of ketones is 1. The van der Waals surface area contributed by atoms with Crippen LogP contribution in [0.1, 0.15) is 85.8 Å². The molecule has 11 heteroatoms. The van der Waals surface area contributed by atoms with Crippen LogP contribution in [0.25, 0.3) is 0 Å². The second kappa shape index (κ2) is 20.7. The molecule has 282 valence electrons. The van der Waals surface area contributed by atoms with Crippen LogP contribution in [0.5, 0.6) is 0 Å². The predicted molar refractivity (Wildman–Crippen MR) is 199 cm³/mol. The maximum absolute atomic E-state index is 13.8. The summed E-state index contributed by atoms with van der Waals surface area (Å²) in [6.07, 6.45) is 2.31. The highest BCUT2D eigenvalue weighted by molar-refractivity contribution is 5.98. The highest BCUT2D eigenvalue weighted by Crippen LogP contribution is 2.29. The zero-order valence-electron chi connectivity index (χ0n) is 31.9. The largest absolute Gasteiger partial charge is 0.379 e. The van der Waals surface area contributed by atoms with Gasteiger partial charge in [0.1, 0.15) is 23.7 Å². The Kier molecular flexibility index (Phi) is 17.5. The van der Waals surface area contributed by atoms with Crippen LogP contribution in [-0.2, 0) is 46.3 Å². The average molecular weight is 709 g/mol. The van der Waals surface area contributed by atoms with Gasteiger partial charge in [-0.2, -0.15) is 0 Å². The number of ether oxygens (including phenoxy) is 2. The van der Waals surface area contributed by atoms with E-state index in [1.54, 1.807) is 14.0 Å². The first kappa shape index (κ1) is 43.1. The van der Waals surface area contributed by atoms with Crippen molar-refractivity contribution in [1.82, 2.24) is 21.3 Å². The Morgan fingerprint density at radius 3 is 1.67 bits per heavy atom. The number of carbonyl (C=O) groups excluding carboxylic acids is 5. The van der Waals surface area contributed by atoms with E-state index in [-0.39, 0.29) is 29.6 Å². The third-order valence-corrected chi connectivity index (χ3v) is 8.46. The molecule has 1 aliphatic heterocycles. The second-order valence-electron chi connectivity index (χ2n) is 15.2. The number of epoxide rings is 1. The van der Waals surface area contributed by atoms with Gasteiger partial charge in [0, 0.05) is 13.5 Å². The van der Waals surface area contributed by atoms with Gasteiger partial charge in [-0.25, -0.2) is 0 Å². The molecule has 0 radical (unpaired) electrons. The van der Waals surface area contributed by atoms with Crippen LogP contribution in [0, 0.1) is 11.8 Å². The van der Waals surface area contributed by atoms with E-state index in [1.165, 1.54) is 0 Å². The summed E-state index contributed by atoms with van der Waals surface area (Å²) >= 11 is 0. The molecule has 51 heavy (non-hydrogen) atoms. The first-order valence-electron chi connectivity index (χ1n) is 17.9. The molecule has 11 nitrogen and oxygen atoms in total. The quantitative estimate of drug-likeness (QED) is 0.125. The maximum atomic E-state index is 13.8. The number of benzene rings is 2. The zero-order chi connectivity index (χ0) is 38.2. The van der Waals surface area contributed by atoms with Gasteiger partial charge < -0.3 is 30.7 Å². The number of methoxy groups -OCH3 is 1. The third kappa shape index (κ3) is 16.2. The van der Waals surface area contributed by atoms with Crippen molar-refractivity contribution in [3.63, 3.8) is 0 Å². The number of nitrogens with one attached hydrogen (secondary N) is 4. The Hall–Kier alpha value is -4.09. The van der Waals surface area contributed by atoms with Gasteiger partial charge in [0.25, 0.3) is 0 Å². The fraction of sp³-hybridized carbons (Fsp3) is 0.575. The van der Waals surface area contributed by atoms with E-state index in [0.29, 0.717) is 38.7 Å². The summed E-state index contributed by atoms with van der Waals surface area (Å²) in [5, 5.41) is 11.1. The van der Waals surface area contributed by atoms with Crippen molar-refractivity contribution in [1.29, 1.82) is 0 Å². The summed E-state index contributed by atoms with van der Waals surface area (Å²) < 4.78 is 10.3. The monoisotopic (exact) mass is 708 g/mol. The number of rotatable bonds is 19. The lowest BCUT2D eigenvalue weighted by Gasteiger charge is -2.28. The lowest BCUT2D eigenvalue weighted by molar-refractivity contribution is -0.135. The number of amides is 4. The van der Waals surface area contributed by atoms with Gasteiger partial charge >= 0.3 is 0 Å². The van der Waals surface area contributed by atoms with Crippen molar-refractivity contribution < 1.29 is 33.4 Å². The Morgan fingerprint density at radius 2 is 1.20 bits per heavy atom. The van der Waals surface area contributed by atoms with Crippen molar-refractivity contribution in [2.75, 3.05) is 13.7 Å². The molecule has 4 N–H and O–H groups in total. The molecular formula is C40H60N4O7. The molecular weight excluding hydrogens is 648 g/mol. The number of hydrogen-bond acceptors (Lipinski definition) is 7. The van der Waals surface area contributed by atoms with Crippen LogP contribution in [0.15, 0.2) is 60.7 Å². The molecule has 5 atom stereocenters. The minimum Gasteiger partial charge on any atom is -0.379 e. The van der Waals surface area contributed by atoms with Crippen molar-refractivity contribution in [3.8, 4) is 0 Å². The number of hydrogen-bond donors (Lipinski definition) is 4. The average Bonchev–Trinajstić information content (AvgIpc) is 3.83. The SMILES string of the molecule is CC(C)CC(NC(=O)[C@H](CCc1ccccc1)NC=O)C(=O)NC(Cc1ccccc1)C(=O)NC(CC(C)C)C(=O)C1(C)CO1.COC(C)(C)C. The molecule has 1 aliphatic rings. The normalized spacial score (nSPS) is 17.5. The zero-order valence-corrected chi connectivity index (χ0v) is 31.9. The third-order valence-electron chi connectivity index (χ3n) is 8.46. The first-order chi connectivity index (χ1) is 24.0. The van der Waals surface area contributed by atoms with Crippen molar-refractivity contribution in [2.45, 2.75) is 123 Å². The molecule has 0 bridgehead atoms. The van der Waals surface area contributed by atoms with Gasteiger partial charge in [-0.05, 0) is 76.3 Å². The van der Waals surface area contributed by atoms with E-state index in [4.69, 9.17) is 9.47 Å². The van der Waals surface area contributed by atoms with E-state index >= 15 is 0 Å². The Morgan fingerprint density at radius 1 is 0.765 bits per heavy atom. The molecule has 4 amide bonds. The number of Topliss-reactive ketones (excluding diaryl/α,β-unsaturated/α-hetero) is 1. The Balaban J connectivity index is 0.00000138. The molecule has 2 aromatic rings. The molecule has 1 saturated heterocycles. The van der Waals surface area contributed by atoms with Gasteiger partial charge in [0.05, 0.1) is 18.2 Å². The van der Waals surface area contributed by atoms with Crippen LogP contribution < -0.4 is 21.3 Å². The van der Waals surface area contributed by atoms with Crippen molar-refractivity contribution in [2.24, 2.45) is 11.8 Å². The van der Waals surface area contributed by atoms with Crippen LogP contribution in [0.3, 0.4) is 0 Å². The Bertz CT molecular complexity index is 1390. The van der Waals surface area contributed by atoms with E-state index in [1.807, 2.05) is 109 Å². The summed E-state index contributed by atoms with van der Waals surface area (Å²) in [5.74, 6) is -1.52. The van der Waals surface area contributed by atoms with Gasteiger partial charge in [-0.1, -0.05) is 88.4 Å². The number of carbonyl (C=O) groups is 5. The molecule has 0 aromatic heterocycles. The van der Waals surface area contributed by atoms with E-state index < -0.39 is 47.5 Å². The molecule has 0 spiro atoms. The fourth-order valence-electron chi connectivity index (χ4n) is 5.23. The first-order valence-corrected chi connectivity index (χ1v) is 17.9. The predicted octanol–water partition coefficient (Wildman–Crippen LogP) is 4.31. The fourth-order valence-corrected chi connectivity index (χ4v) is 5.23.